The van der Waals surface area contributed by atoms with Gasteiger partial charge in [0.1, 0.15) is 17.8 Å². The van der Waals surface area contributed by atoms with Crippen LogP contribution < -0.4 is 9.04 Å². The fraction of sp³-hybridized carbons (Fsp3) is 0.0952. The largest absolute Gasteiger partial charge is 0.492 e. The Labute approximate surface area is 168 Å². The predicted molar refractivity (Wildman–Crippen MR) is 111 cm³/mol. The Bertz CT molecular complexity index is 1250. The number of aromatic nitrogens is 3. The first-order valence-electron chi connectivity index (χ1n) is 8.98. The molecular weight excluding hydrogens is 388 g/mol. The van der Waals surface area contributed by atoms with Gasteiger partial charge in [0.2, 0.25) is 0 Å². The lowest BCUT2D eigenvalue weighted by atomic mass is 10.2. The van der Waals surface area contributed by atoms with Crippen molar-refractivity contribution in [3.63, 3.8) is 0 Å². The van der Waals surface area contributed by atoms with Crippen molar-refractivity contribution in [1.82, 2.24) is 15.0 Å². The Hall–Kier alpha value is -3.52. The molecule has 0 saturated heterocycles. The molecule has 2 aromatic heterocycles. The van der Waals surface area contributed by atoms with Crippen molar-refractivity contribution in [2.24, 2.45) is 0 Å². The van der Waals surface area contributed by atoms with Gasteiger partial charge in [0.15, 0.2) is 5.82 Å². The van der Waals surface area contributed by atoms with E-state index in [-0.39, 0.29) is 10.7 Å². The van der Waals surface area contributed by atoms with Gasteiger partial charge in [-0.15, -0.1) is 0 Å². The van der Waals surface area contributed by atoms with Crippen LogP contribution in [0.25, 0.3) is 10.8 Å². The molecule has 0 spiro atoms. The monoisotopic (exact) mass is 406 g/mol. The number of sulfonamides is 1. The smallest absolute Gasteiger partial charge is 0.270 e. The number of anilines is 2. The number of para-hydroxylation sites is 2. The van der Waals surface area contributed by atoms with Crippen LogP contribution in [0.15, 0.2) is 84.4 Å². The van der Waals surface area contributed by atoms with Gasteiger partial charge in [-0.2, -0.15) is 0 Å². The second-order valence-electron chi connectivity index (χ2n) is 6.12. The zero-order chi connectivity index (χ0) is 20.3. The number of ether oxygens (including phenoxy) is 1. The summed E-state index contributed by atoms with van der Waals surface area (Å²) in [5, 5.41) is 1.64. The molecule has 8 heteroatoms. The zero-order valence-corrected chi connectivity index (χ0v) is 16.5. The summed E-state index contributed by atoms with van der Waals surface area (Å²) < 4.78 is 34.3. The molecule has 0 aliphatic carbocycles. The Morgan fingerprint density at radius 3 is 2.59 bits per heavy atom. The van der Waals surface area contributed by atoms with Crippen molar-refractivity contribution in [3.05, 3.63) is 79.5 Å². The van der Waals surface area contributed by atoms with Crippen LogP contribution in [0.4, 0.5) is 11.5 Å². The quantitative estimate of drug-likeness (QED) is 0.482. The van der Waals surface area contributed by atoms with Crippen molar-refractivity contribution >= 4 is 32.3 Å². The standard InChI is InChI=1S/C21H18N4O3S/c1-2-28-20-6-4-3-5-19(20)25(21-10-12-23-15-24-21)29(26,27)18-8-7-17-14-22-11-9-16(17)13-18/h3-15H,2H2,1H3. The highest BCUT2D eigenvalue weighted by Crippen LogP contribution is 2.37. The molecule has 7 nitrogen and oxygen atoms in total. The molecule has 29 heavy (non-hydrogen) atoms. The van der Waals surface area contributed by atoms with Crippen LogP contribution in [0.3, 0.4) is 0 Å². The van der Waals surface area contributed by atoms with Crippen LogP contribution in [0, 0.1) is 0 Å². The van der Waals surface area contributed by atoms with E-state index in [4.69, 9.17) is 4.74 Å². The lowest BCUT2D eigenvalue weighted by Crippen LogP contribution is -2.27. The number of nitrogens with zero attached hydrogens (tertiary/aromatic N) is 4. The van der Waals surface area contributed by atoms with E-state index in [2.05, 4.69) is 15.0 Å². The van der Waals surface area contributed by atoms with Gasteiger partial charge in [0.05, 0.1) is 11.5 Å². The van der Waals surface area contributed by atoms with Gasteiger partial charge in [-0.3, -0.25) is 4.98 Å². The van der Waals surface area contributed by atoms with Crippen LogP contribution in [-0.2, 0) is 10.0 Å². The van der Waals surface area contributed by atoms with Gasteiger partial charge in [-0.25, -0.2) is 22.7 Å². The first-order valence-corrected chi connectivity index (χ1v) is 10.4. The molecule has 0 N–H and O–H groups in total. The molecule has 0 radical (unpaired) electrons. The van der Waals surface area contributed by atoms with Gasteiger partial charge >= 0.3 is 0 Å². The molecular formula is C21H18N4O3S. The summed E-state index contributed by atoms with van der Waals surface area (Å²) in [6.07, 6.45) is 6.14. The average molecular weight is 406 g/mol. The van der Waals surface area contributed by atoms with Crippen molar-refractivity contribution < 1.29 is 13.2 Å². The maximum Gasteiger partial charge on any atom is 0.270 e. The minimum atomic E-state index is -4.00. The maximum absolute atomic E-state index is 13.7. The van der Waals surface area contributed by atoms with Gasteiger partial charge < -0.3 is 4.74 Å². The van der Waals surface area contributed by atoms with Gasteiger partial charge in [-0.05, 0) is 42.6 Å². The van der Waals surface area contributed by atoms with E-state index >= 15 is 0 Å². The van der Waals surface area contributed by atoms with Crippen LogP contribution in [0.2, 0.25) is 0 Å². The second kappa shape index (κ2) is 7.84. The second-order valence-corrected chi connectivity index (χ2v) is 7.91. The number of rotatable bonds is 6. The van der Waals surface area contributed by atoms with E-state index in [1.807, 2.05) is 6.92 Å². The van der Waals surface area contributed by atoms with Crippen LogP contribution in [0.5, 0.6) is 5.75 Å². The summed E-state index contributed by atoms with van der Waals surface area (Å²) >= 11 is 0. The Morgan fingerprint density at radius 1 is 0.966 bits per heavy atom. The normalized spacial score (nSPS) is 11.3. The van der Waals surface area contributed by atoms with E-state index in [9.17, 15) is 8.42 Å². The van der Waals surface area contributed by atoms with Crippen molar-refractivity contribution in [3.8, 4) is 5.75 Å². The number of hydrogen-bond acceptors (Lipinski definition) is 6. The third kappa shape index (κ3) is 3.62. The molecule has 0 unspecified atom stereocenters. The van der Waals surface area contributed by atoms with Gasteiger partial charge in [0, 0.05) is 30.0 Å². The Morgan fingerprint density at radius 2 is 1.79 bits per heavy atom. The molecule has 4 rings (SSSR count). The van der Waals surface area contributed by atoms with Gasteiger partial charge in [0.25, 0.3) is 10.0 Å². The molecule has 0 saturated carbocycles. The molecule has 0 atom stereocenters. The zero-order valence-electron chi connectivity index (χ0n) is 15.6. The molecule has 2 heterocycles. The van der Waals surface area contributed by atoms with E-state index < -0.39 is 10.0 Å². The number of hydrogen-bond donors (Lipinski definition) is 0. The summed E-state index contributed by atoms with van der Waals surface area (Å²) in [5.41, 5.74) is 0.378. The molecule has 0 fully saturated rings. The summed E-state index contributed by atoms with van der Waals surface area (Å²) in [4.78, 5) is 12.3. The summed E-state index contributed by atoms with van der Waals surface area (Å²) in [6, 6.07) is 15.2. The third-order valence-electron chi connectivity index (χ3n) is 4.31. The SMILES string of the molecule is CCOc1ccccc1N(c1ccncn1)S(=O)(=O)c1ccc2cnccc2c1. The minimum Gasteiger partial charge on any atom is -0.492 e. The van der Waals surface area contributed by atoms with E-state index in [0.29, 0.717) is 18.0 Å². The summed E-state index contributed by atoms with van der Waals surface area (Å²) in [6.45, 7) is 2.25. The molecule has 0 bridgehead atoms. The molecule has 2 aromatic carbocycles. The van der Waals surface area contributed by atoms with E-state index in [1.165, 1.54) is 16.8 Å². The third-order valence-corrected chi connectivity index (χ3v) is 6.02. The molecule has 146 valence electrons. The van der Waals surface area contributed by atoms with Crippen molar-refractivity contribution in [2.45, 2.75) is 11.8 Å². The van der Waals surface area contributed by atoms with E-state index in [0.717, 1.165) is 10.8 Å². The van der Waals surface area contributed by atoms with Crippen LogP contribution in [0.1, 0.15) is 6.92 Å². The fourth-order valence-electron chi connectivity index (χ4n) is 3.01. The van der Waals surface area contributed by atoms with Crippen LogP contribution in [-0.4, -0.2) is 30.0 Å². The number of pyridine rings is 1. The highest BCUT2D eigenvalue weighted by atomic mass is 32.2. The maximum atomic E-state index is 13.7. The first-order chi connectivity index (χ1) is 14.1. The molecule has 0 aliphatic heterocycles. The van der Waals surface area contributed by atoms with Crippen molar-refractivity contribution in [1.29, 1.82) is 0 Å². The average Bonchev–Trinajstić information content (AvgIpc) is 2.75. The number of benzene rings is 2. The minimum absolute atomic E-state index is 0.140. The van der Waals surface area contributed by atoms with Gasteiger partial charge in [-0.1, -0.05) is 18.2 Å². The van der Waals surface area contributed by atoms with Crippen LogP contribution >= 0.6 is 0 Å². The topological polar surface area (TPSA) is 85.3 Å². The molecule has 4 aromatic rings. The molecule has 0 amide bonds. The number of fused-ring (bicyclic) bond motifs is 1. The highest BCUT2D eigenvalue weighted by molar-refractivity contribution is 7.93. The predicted octanol–water partition coefficient (Wildman–Crippen LogP) is 3.95. The highest BCUT2D eigenvalue weighted by Gasteiger charge is 2.30. The Balaban J connectivity index is 1.93. The summed E-state index contributed by atoms with van der Waals surface area (Å²) in [5.74, 6) is 0.671. The first kappa shape index (κ1) is 18.8. The van der Waals surface area contributed by atoms with Crippen molar-refractivity contribution in [2.75, 3.05) is 10.9 Å². The Kier molecular flexibility index (Phi) is 5.09. The van der Waals surface area contributed by atoms with E-state index in [1.54, 1.807) is 67.0 Å². The summed E-state index contributed by atoms with van der Waals surface area (Å²) in [7, 11) is -4.00. The lowest BCUT2D eigenvalue weighted by Gasteiger charge is -2.25. The molecule has 0 aliphatic rings. The lowest BCUT2D eigenvalue weighted by molar-refractivity contribution is 0.341. The fourth-order valence-corrected chi connectivity index (χ4v) is 4.50.